The van der Waals surface area contributed by atoms with E-state index in [0.717, 1.165) is 36.1 Å². The van der Waals surface area contributed by atoms with Crippen LogP contribution in [0.4, 0.5) is 9.80 Å². The fourth-order valence-corrected chi connectivity index (χ4v) is 4.04. The molecule has 1 heterocycles. The van der Waals surface area contributed by atoms with Crippen molar-refractivity contribution in [3.63, 3.8) is 0 Å². The quantitative estimate of drug-likeness (QED) is 0.675. The maximum Gasteiger partial charge on any atom is 0.342 e. The molecule has 0 saturated heterocycles. The molecule has 1 aliphatic rings. The van der Waals surface area contributed by atoms with Crippen molar-refractivity contribution in [3.05, 3.63) is 16.0 Å². The lowest BCUT2D eigenvalue weighted by molar-refractivity contribution is -0.128. The maximum absolute atomic E-state index is 12.7. The van der Waals surface area contributed by atoms with Gasteiger partial charge in [0.1, 0.15) is 5.00 Å². The largest absolute Gasteiger partial charge is 0.449 e. The number of anilines is 1. The van der Waals surface area contributed by atoms with Crippen LogP contribution >= 0.6 is 11.3 Å². The summed E-state index contributed by atoms with van der Waals surface area (Å²) in [4.78, 5) is 48.5. The fourth-order valence-electron chi connectivity index (χ4n) is 2.72. The summed E-state index contributed by atoms with van der Waals surface area (Å²) in [5, 5.41) is 7.66. The zero-order valence-corrected chi connectivity index (χ0v) is 15.9. The third kappa shape index (κ3) is 4.81. The third-order valence-electron chi connectivity index (χ3n) is 3.89. The van der Waals surface area contributed by atoms with E-state index >= 15 is 0 Å². The zero-order chi connectivity index (χ0) is 19.3. The Morgan fingerprint density at radius 1 is 1.19 bits per heavy atom. The second kappa shape index (κ2) is 8.79. The number of hydrogen-bond donors (Lipinski definition) is 3. The third-order valence-corrected chi connectivity index (χ3v) is 5.10. The van der Waals surface area contributed by atoms with E-state index in [4.69, 9.17) is 4.74 Å². The number of hydrogen-bond acceptors (Lipinski definition) is 6. The van der Waals surface area contributed by atoms with Crippen LogP contribution in [-0.4, -0.2) is 36.5 Å². The first kappa shape index (κ1) is 19.9. The van der Waals surface area contributed by atoms with E-state index < -0.39 is 24.0 Å². The number of esters is 1. The van der Waals surface area contributed by atoms with Crippen molar-refractivity contribution in [2.75, 3.05) is 11.9 Å². The van der Waals surface area contributed by atoms with Crippen molar-refractivity contribution in [2.45, 2.75) is 52.6 Å². The average Bonchev–Trinajstić information content (AvgIpc) is 2.91. The van der Waals surface area contributed by atoms with Crippen LogP contribution in [0.25, 0.3) is 0 Å². The normalized spacial score (nSPS) is 14.0. The van der Waals surface area contributed by atoms with Gasteiger partial charge in [-0.1, -0.05) is 0 Å². The molecule has 9 heteroatoms. The monoisotopic (exact) mass is 381 g/mol. The lowest BCUT2D eigenvalue weighted by Gasteiger charge is -2.16. The van der Waals surface area contributed by atoms with Gasteiger partial charge in [-0.3, -0.25) is 14.9 Å². The molecule has 8 nitrogen and oxygen atoms in total. The van der Waals surface area contributed by atoms with Crippen LogP contribution in [0.2, 0.25) is 0 Å². The van der Waals surface area contributed by atoms with E-state index in [2.05, 4.69) is 16.0 Å². The molecule has 0 spiro atoms. The minimum absolute atomic E-state index is 0.278. The first-order valence-corrected chi connectivity index (χ1v) is 9.36. The summed E-state index contributed by atoms with van der Waals surface area (Å²) >= 11 is 1.37. The lowest BCUT2D eigenvalue weighted by Crippen LogP contribution is -2.44. The summed E-state index contributed by atoms with van der Waals surface area (Å²) in [5.74, 6) is -1.67. The van der Waals surface area contributed by atoms with E-state index in [-0.39, 0.29) is 5.91 Å². The SMILES string of the molecule is CCNC(=O)NC(=O)[C@@H](C)OC(=O)c1c(NC(C)=O)sc2c1CCCC2. The molecule has 142 valence electrons. The number of nitrogens with one attached hydrogen (secondary N) is 3. The van der Waals surface area contributed by atoms with Crippen molar-refractivity contribution < 1.29 is 23.9 Å². The highest BCUT2D eigenvalue weighted by Crippen LogP contribution is 2.38. The van der Waals surface area contributed by atoms with Crippen LogP contribution in [0, 0.1) is 0 Å². The Balaban J connectivity index is 2.15. The predicted octanol–water partition coefficient (Wildman–Crippen LogP) is 1.98. The molecule has 0 saturated carbocycles. The van der Waals surface area contributed by atoms with Crippen LogP contribution < -0.4 is 16.0 Å². The predicted molar refractivity (Wildman–Crippen MR) is 97.4 cm³/mol. The van der Waals surface area contributed by atoms with Gasteiger partial charge < -0.3 is 15.4 Å². The second-order valence-corrected chi connectivity index (χ2v) is 7.10. The summed E-state index contributed by atoms with van der Waals surface area (Å²) < 4.78 is 5.25. The number of carbonyl (C=O) groups excluding carboxylic acids is 4. The Bertz CT molecular complexity index is 728. The summed E-state index contributed by atoms with van der Waals surface area (Å²) in [6, 6.07) is -0.646. The number of fused-ring (bicyclic) bond motifs is 1. The number of ether oxygens (including phenoxy) is 1. The highest BCUT2D eigenvalue weighted by atomic mass is 32.1. The number of carbonyl (C=O) groups is 4. The molecule has 3 N–H and O–H groups in total. The van der Waals surface area contributed by atoms with Crippen LogP contribution in [0.5, 0.6) is 0 Å². The lowest BCUT2D eigenvalue weighted by atomic mass is 9.95. The van der Waals surface area contributed by atoms with Gasteiger partial charge in [-0.15, -0.1) is 11.3 Å². The summed E-state index contributed by atoms with van der Waals surface area (Å²) in [6.07, 6.45) is 2.43. The van der Waals surface area contributed by atoms with Crippen LogP contribution in [-0.2, 0) is 27.2 Å². The number of aryl methyl sites for hydroxylation is 1. The molecule has 26 heavy (non-hydrogen) atoms. The smallest absolute Gasteiger partial charge is 0.342 e. The Morgan fingerprint density at radius 2 is 1.88 bits per heavy atom. The van der Waals surface area contributed by atoms with Gasteiger partial charge >= 0.3 is 12.0 Å². The molecule has 4 amide bonds. The standard InChI is InChI=1S/C17H23N3O5S/c1-4-18-17(24)20-14(22)9(2)25-16(23)13-11-7-5-6-8-12(11)26-15(13)19-10(3)21/h9H,4-8H2,1-3H3,(H,19,21)(H2,18,20,22,24)/t9-/m1/s1. The molecule has 0 aliphatic heterocycles. The van der Waals surface area contributed by atoms with Gasteiger partial charge in [0.15, 0.2) is 6.10 Å². The van der Waals surface area contributed by atoms with E-state index in [9.17, 15) is 19.2 Å². The first-order valence-electron chi connectivity index (χ1n) is 8.55. The van der Waals surface area contributed by atoms with Gasteiger partial charge in [0.2, 0.25) is 5.91 Å². The number of urea groups is 1. The van der Waals surface area contributed by atoms with Crippen molar-refractivity contribution in [2.24, 2.45) is 0 Å². The van der Waals surface area contributed by atoms with Crippen molar-refractivity contribution >= 4 is 40.2 Å². The van der Waals surface area contributed by atoms with Gasteiger partial charge in [-0.05, 0) is 45.1 Å². The zero-order valence-electron chi connectivity index (χ0n) is 15.1. The van der Waals surface area contributed by atoms with Gasteiger partial charge in [0.05, 0.1) is 5.56 Å². The summed E-state index contributed by atoms with van der Waals surface area (Å²) in [5.41, 5.74) is 1.20. The molecule has 0 aromatic carbocycles. The maximum atomic E-state index is 12.7. The molecule has 1 atom stereocenters. The molecule has 1 aliphatic carbocycles. The highest BCUT2D eigenvalue weighted by molar-refractivity contribution is 7.17. The fraction of sp³-hybridized carbons (Fsp3) is 0.529. The van der Waals surface area contributed by atoms with Crippen molar-refractivity contribution in [1.29, 1.82) is 0 Å². The van der Waals surface area contributed by atoms with Gasteiger partial charge in [0, 0.05) is 18.3 Å². The number of rotatable bonds is 5. The summed E-state index contributed by atoms with van der Waals surface area (Å²) in [6.45, 7) is 4.85. The Hall–Kier alpha value is -2.42. The van der Waals surface area contributed by atoms with E-state index in [1.807, 2.05) is 0 Å². The molecule has 0 unspecified atom stereocenters. The molecule has 1 aromatic heterocycles. The molecular weight excluding hydrogens is 358 g/mol. The van der Waals surface area contributed by atoms with Crippen molar-refractivity contribution in [1.82, 2.24) is 10.6 Å². The molecule has 2 rings (SSSR count). The van der Waals surface area contributed by atoms with E-state index in [0.29, 0.717) is 17.1 Å². The molecular formula is C17H23N3O5S. The van der Waals surface area contributed by atoms with Crippen LogP contribution in [0.1, 0.15) is 54.4 Å². The van der Waals surface area contributed by atoms with E-state index in [1.54, 1.807) is 6.92 Å². The summed E-state index contributed by atoms with van der Waals surface area (Å²) in [7, 11) is 0. The topological polar surface area (TPSA) is 114 Å². The van der Waals surface area contributed by atoms with Crippen LogP contribution in [0.15, 0.2) is 0 Å². The second-order valence-electron chi connectivity index (χ2n) is 5.99. The van der Waals surface area contributed by atoms with Crippen molar-refractivity contribution in [3.8, 4) is 0 Å². The minimum atomic E-state index is -1.14. The van der Waals surface area contributed by atoms with E-state index in [1.165, 1.54) is 25.2 Å². The van der Waals surface area contributed by atoms with Crippen LogP contribution in [0.3, 0.4) is 0 Å². The number of thiophene rings is 1. The average molecular weight is 381 g/mol. The Labute approximate surface area is 155 Å². The first-order chi connectivity index (χ1) is 12.3. The Morgan fingerprint density at radius 3 is 2.54 bits per heavy atom. The van der Waals surface area contributed by atoms with Gasteiger partial charge in [0.25, 0.3) is 5.91 Å². The molecule has 1 aromatic rings. The van der Waals surface area contributed by atoms with Gasteiger partial charge in [-0.25, -0.2) is 9.59 Å². The molecule has 0 radical (unpaired) electrons. The van der Waals surface area contributed by atoms with Gasteiger partial charge in [-0.2, -0.15) is 0 Å². The Kier molecular flexibility index (Phi) is 6.73. The highest BCUT2D eigenvalue weighted by Gasteiger charge is 2.29. The molecule has 0 bridgehead atoms. The number of amides is 4. The molecule has 0 fully saturated rings. The number of imide groups is 1. The minimum Gasteiger partial charge on any atom is -0.449 e.